The number of aryl methyl sites for hydroxylation is 1. The van der Waals surface area contributed by atoms with Gasteiger partial charge in [-0.1, -0.05) is 42.0 Å². The highest BCUT2D eigenvalue weighted by Crippen LogP contribution is 2.30. The Hall–Kier alpha value is -4.90. The number of non-ortho nitro benzene ring substituents is 1. The molecule has 0 bridgehead atoms. The van der Waals surface area contributed by atoms with Crippen LogP contribution in [0.5, 0.6) is 0 Å². The van der Waals surface area contributed by atoms with Crippen molar-refractivity contribution in [1.29, 1.82) is 0 Å². The summed E-state index contributed by atoms with van der Waals surface area (Å²) in [5.74, 6) is 0.602. The summed E-state index contributed by atoms with van der Waals surface area (Å²) in [4.78, 5) is 31.7. The monoisotopic (exact) mass is 536 g/mol. The Bertz CT molecular complexity index is 1710. The number of piperazine rings is 1. The smallest absolute Gasteiger partial charge is 0.269 e. The Morgan fingerprint density at radius 2 is 1.73 bits per heavy atom. The summed E-state index contributed by atoms with van der Waals surface area (Å²) in [5, 5.41) is 24.8. The molecule has 3 aromatic carbocycles. The number of nitrogens with one attached hydrogen (secondary N) is 1. The van der Waals surface area contributed by atoms with Crippen LogP contribution in [0.25, 0.3) is 10.9 Å². The minimum atomic E-state index is -0.466. The van der Waals surface area contributed by atoms with E-state index in [-0.39, 0.29) is 11.2 Å². The zero-order chi connectivity index (χ0) is 27.6. The van der Waals surface area contributed by atoms with E-state index >= 15 is 0 Å². The fourth-order valence-electron chi connectivity index (χ4n) is 5.35. The maximum Gasteiger partial charge on any atom is 0.269 e. The third-order valence-electron chi connectivity index (χ3n) is 7.41. The number of nitro groups is 1. The quantitative estimate of drug-likeness (QED) is 0.247. The first-order chi connectivity index (χ1) is 19.5. The number of pyridine rings is 1. The molecule has 0 saturated carbocycles. The van der Waals surface area contributed by atoms with Crippen molar-refractivity contribution in [1.82, 2.24) is 30.1 Å². The van der Waals surface area contributed by atoms with Gasteiger partial charge in [0.1, 0.15) is 6.04 Å². The van der Waals surface area contributed by atoms with E-state index in [1.54, 1.807) is 16.8 Å². The molecular formula is C29H28N8O3. The van der Waals surface area contributed by atoms with Crippen LogP contribution >= 0.6 is 0 Å². The van der Waals surface area contributed by atoms with E-state index in [1.807, 2.05) is 55.5 Å². The van der Waals surface area contributed by atoms with Gasteiger partial charge in [-0.15, -0.1) is 5.10 Å². The first-order valence-electron chi connectivity index (χ1n) is 13.1. The molecule has 40 heavy (non-hydrogen) atoms. The number of hydrogen-bond donors (Lipinski definition) is 1. The molecule has 11 nitrogen and oxygen atoms in total. The van der Waals surface area contributed by atoms with Gasteiger partial charge in [-0.05, 0) is 58.6 Å². The van der Waals surface area contributed by atoms with Gasteiger partial charge in [0, 0.05) is 55.1 Å². The van der Waals surface area contributed by atoms with Gasteiger partial charge in [0.05, 0.1) is 11.5 Å². The lowest BCUT2D eigenvalue weighted by atomic mass is 10.0. The first-order valence-corrected chi connectivity index (χ1v) is 13.1. The number of nitro benzene ring substituents is 1. The maximum atomic E-state index is 13.5. The normalized spacial score (nSPS) is 14.9. The molecule has 1 aliphatic rings. The Labute approximate surface area is 229 Å². The Morgan fingerprint density at radius 3 is 2.45 bits per heavy atom. The number of anilines is 1. The third-order valence-corrected chi connectivity index (χ3v) is 7.41. The van der Waals surface area contributed by atoms with Gasteiger partial charge in [0.15, 0.2) is 5.82 Å². The number of aromatic amines is 1. The fourth-order valence-corrected chi connectivity index (χ4v) is 5.35. The van der Waals surface area contributed by atoms with Crippen LogP contribution in [-0.4, -0.2) is 61.2 Å². The Kier molecular flexibility index (Phi) is 6.79. The molecule has 1 fully saturated rings. The second-order valence-electron chi connectivity index (χ2n) is 10.0. The highest BCUT2D eigenvalue weighted by Gasteiger charge is 2.33. The largest absolute Gasteiger partial charge is 0.369 e. The summed E-state index contributed by atoms with van der Waals surface area (Å²) in [6, 6.07) is 24.0. The molecule has 1 N–H and O–H groups in total. The van der Waals surface area contributed by atoms with Gasteiger partial charge in [-0.25, -0.2) is 4.68 Å². The van der Waals surface area contributed by atoms with E-state index in [1.165, 1.54) is 12.1 Å². The van der Waals surface area contributed by atoms with Crippen LogP contribution in [-0.2, 0) is 6.54 Å². The van der Waals surface area contributed by atoms with Crippen LogP contribution in [0.2, 0.25) is 0 Å². The van der Waals surface area contributed by atoms with Crippen molar-refractivity contribution in [3.05, 3.63) is 122 Å². The van der Waals surface area contributed by atoms with Crippen molar-refractivity contribution in [3.8, 4) is 0 Å². The van der Waals surface area contributed by atoms with E-state index < -0.39 is 11.0 Å². The van der Waals surface area contributed by atoms with Crippen LogP contribution in [0.3, 0.4) is 0 Å². The van der Waals surface area contributed by atoms with Gasteiger partial charge in [-0.2, -0.15) is 0 Å². The summed E-state index contributed by atoms with van der Waals surface area (Å²) >= 11 is 0. The molecule has 202 valence electrons. The van der Waals surface area contributed by atoms with Crippen molar-refractivity contribution in [2.75, 3.05) is 31.1 Å². The summed E-state index contributed by atoms with van der Waals surface area (Å²) in [5.41, 5.74) is 4.35. The molecule has 6 rings (SSSR count). The van der Waals surface area contributed by atoms with Crippen LogP contribution in [0.4, 0.5) is 11.4 Å². The first kappa shape index (κ1) is 25.4. The number of tetrazole rings is 1. The van der Waals surface area contributed by atoms with Gasteiger partial charge >= 0.3 is 0 Å². The molecule has 0 aliphatic carbocycles. The zero-order valence-electron chi connectivity index (χ0n) is 22.0. The van der Waals surface area contributed by atoms with Gasteiger partial charge < -0.3 is 9.88 Å². The number of H-pyrrole nitrogens is 1. The molecule has 2 aromatic heterocycles. The lowest BCUT2D eigenvalue weighted by molar-refractivity contribution is -0.384. The van der Waals surface area contributed by atoms with Crippen LogP contribution < -0.4 is 10.5 Å². The predicted molar refractivity (Wildman–Crippen MR) is 151 cm³/mol. The SMILES string of the molecule is Cc1ccc2[nH]c(=O)c(C(c3nnnn3Cc3ccccc3)N3CCN(c4ccc([N+](=O)[O-])cc4)CC3)cc2c1. The molecule has 11 heteroatoms. The van der Waals surface area contributed by atoms with Crippen LogP contribution in [0.15, 0.2) is 83.7 Å². The molecule has 1 unspecified atom stereocenters. The number of benzene rings is 3. The minimum Gasteiger partial charge on any atom is -0.369 e. The van der Waals surface area contributed by atoms with Gasteiger partial charge in [-0.3, -0.25) is 19.8 Å². The summed E-state index contributed by atoms with van der Waals surface area (Å²) in [6.07, 6.45) is 0. The number of hydrogen-bond acceptors (Lipinski definition) is 8. The Balaban J connectivity index is 1.35. The summed E-state index contributed by atoms with van der Waals surface area (Å²) < 4.78 is 1.77. The molecule has 1 aliphatic heterocycles. The molecule has 5 aromatic rings. The zero-order valence-corrected chi connectivity index (χ0v) is 22.0. The topological polar surface area (TPSA) is 126 Å². The minimum absolute atomic E-state index is 0.0680. The Morgan fingerprint density at radius 1 is 0.975 bits per heavy atom. The lowest BCUT2D eigenvalue weighted by Gasteiger charge is -2.39. The van der Waals surface area contributed by atoms with Gasteiger partial charge in [0.25, 0.3) is 11.2 Å². The molecule has 0 radical (unpaired) electrons. The van der Waals surface area contributed by atoms with Crippen LogP contribution in [0, 0.1) is 17.0 Å². The van der Waals surface area contributed by atoms with E-state index in [0.717, 1.165) is 27.7 Å². The van der Waals surface area contributed by atoms with Crippen molar-refractivity contribution >= 4 is 22.3 Å². The standard InChI is InChI=1S/C29H28N8O3/c1-20-7-12-26-22(17-20)18-25(29(38)30-26)27(28-31-32-33-36(28)19-21-5-3-2-4-6-21)35-15-13-34(14-16-35)23-8-10-24(11-9-23)37(39)40/h2-12,17-18,27H,13-16,19H2,1H3,(H,30,38). The second kappa shape index (κ2) is 10.7. The fraction of sp³-hybridized carbons (Fsp3) is 0.241. The third kappa shape index (κ3) is 5.06. The maximum absolute atomic E-state index is 13.5. The number of aromatic nitrogens is 5. The molecule has 0 amide bonds. The summed E-state index contributed by atoms with van der Waals surface area (Å²) in [6.45, 7) is 5.15. The van der Waals surface area contributed by atoms with E-state index in [2.05, 4.69) is 36.4 Å². The molecule has 0 spiro atoms. The average Bonchev–Trinajstić information content (AvgIpc) is 3.42. The van der Waals surface area contributed by atoms with Crippen molar-refractivity contribution in [2.24, 2.45) is 0 Å². The molecule has 1 saturated heterocycles. The van der Waals surface area contributed by atoms with E-state index in [9.17, 15) is 14.9 Å². The van der Waals surface area contributed by atoms with E-state index in [0.29, 0.717) is 44.1 Å². The lowest BCUT2D eigenvalue weighted by Crippen LogP contribution is -2.49. The molecule has 3 heterocycles. The predicted octanol–water partition coefficient (Wildman–Crippen LogP) is 3.69. The van der Waals surface area contributed by atoms with Gasteiger partial charge in [0.2, 0.25) is 0 Å². The highest BCUT2D eigenvalue weighted by molar-refractivity contribution is 5.79. The van der Waals surface area contributed by atoms with Crippen molar-refractivity contribution < 1.29 is 4.92 Å². The number of fused-ring (bicyclic) bond motifs is 1. The number of rotatable bonds is 7. The highest BCUT2D eigenvalue weighted by atomic mass is 16.6. The average molecular weight is 537 g/mol. The molecule has 1 atom stereocenters. The summed E-state index contributed by atoms with van der Waals surface area (Å²) in [7, 11) is 0. The second-order valence-corrected chi connectivity index (χ2v) is 10.0. The van der Waals surface area contributed by atoms with Crippen molar-refractivity contribution in [2.45, 2.75) is 19.5 Å². The van der Waals surface area contributed by atoms with Crippen molar-refractivity contribution in [3.63, 3.8) is 0 Å². The van der Waals surface area contributed by atoms with E-state index in [4.69, 9.17) is 0 Å². The van der Waals surface area contributed by atoms with Crippen LogP contribution in [0.1, 0.15) is 28.6 Å². The molecular weight excluding hydrogens is 508 g/mol. The number of nitrogens with zero attached hydrogens (tertiary/aromatic N) is 7.